The zero-order chi connectivity index (χ0) is 12.3. The Morgan fingerprint density at radius 3 is 2.53 bits per heavy atom. The molecule has 17 heavy (non-hydrogen) atoms. The van der Waals surface area contributed by atoms with Crippen LogP contribution in [0.4, 0.5) is 5.69 Å². The van der Waals surface area contributed by atoms with Crippen molar-refractivity contribution in [2.75, 3.05) is 19.0 Å². The van der Waals surface area contributed by atoms with Crippen LogP contribution in [0.1, 0.15) is 37.7 Å². The van der Waals surface area contributed by atoms with Crippen molar-refractivity contribution < 1.29 is 5.11 Å². The summed E-state index contributed by atoms with van der Waals surface area (Å²) in [6.07, 6.45) is 7.96. The third kappa shape index (κ3) is 3.15. The summed E-state index contributed by atoms with van der Waals surface area (Å²) in [7, 11) is 4.13. The molecule has 0 spiro atoms. The van der Waals surface area contributed by atoms with E-state index >= 15 is 0 Å². The largest absolute Gasteiger partial charge is 0.508 e. The molecular weight excluding hydrogens is 210 g/mol. The highest BCUT2D eigenvalue weighted by Gasteiger charge is 2.16. The molecule has 0 atom stereocenters. The highest BCUT2D eigenvalue weighted by Crippen LogP contribution is 2.31. The molecule has 0 heterocycles. The fourth-order valence-corrected chi connectivity index (χ4v) is 2.87. The molecule has 1 aromatic rings. The predicted molar refractivity (Wildman–Crippen MR) is 72.7 cm³/mol. The summed E-state index contributed by atoms with van der Waals surface area (Å²) in [4.78, 5) is 2.14. The van der Waals surface area contributed by atoms with Gasteiger partial charge in [-0.25, -0.2) is 0 Å². The van der Waals surface area contributed by atoms with Gasteiger partial charge < -0.3 is 10.0 Å². The molecule has 0 unspecified atom stereocenters. The third-order valence-electron chi connectivity index (χ3n) is 3.78. The maximum absolute atomic E-state index is 9.63. The second-order valence-corrected chi connectivity index (χ2v) is 5.42. The summed E-state index contributed by atoms with van der Waals surface area (Å²) < 4.78 is 0. The van der Waals surface area contributed by atoms with Crippen LogP contribution >= 0.6 is 0 Å². The van der Waals surface area contributed by atoms with Gasteiger partial charge in [0.25, 0.3) is 0 Å². The standard InChI is InChI=1S/C15H23NO/c1-16(2)15-9-8-14(17)11-13(15)10-12-6-4-3-5-7-12/h8-9,11-12,17H,3-7,10H2,1-2H3. The van der Waals surface area contributed by atoms with Gasteiger partial charge >= 0.3 is 0 Å². The number of phenols is 1. The number of hydrogen-bond donors (Lipinski definition) is 1. The van der Waals surface area contributed by atoms with Crippen LogP contribution < -0.4 is 4.90 Å². The van der Waals surface area contributed by atoms with Crippen LogP contribution in [-0.4, -0.2) is 19.2 Å². The Bertz CT molecular complexity index is 367. The number of aromatic hydroxyl groups is 1. The first-order valence-corrected chi connectivity index (χ1v) is 6.66. The van der Waals surface area contributed by atoms with E-state index in [9.17, 15) is 5.11 Å². The van der Waals surface area contributed by atoms with Crippen LogP contribution in [0.15, 0.2) is 18.2 Å². The first-order chi connectivity index (χ1) is 8.16. The summed E-state index contributed by atoms with van der Waals surface area (Å²) in [5.41, 5.74) is 2.54. The smallest absolute Gasteiger partial charge is 0.116 e. The van der Waals surface area contributed by atoms with E-state index in [1.165, 1.54) is 43.4 Å². The molecule has 1 aliphatic rings. The molecule has 0 aliphatic heterocycles. The van der Waals surface area contributed by atoms with Gasteiger partial charge in [-0.2, -0.15) is 0 Å². The Morgan fingerprint density at radius 1 is 1.18 bits per heavy atom. The first kappa shape index (κ1) is 12.3. The second-order valence-electron chi connectivity index (χ2n) is 5.42. The molecular formula is C15H23NO. The summed E-state index contributed by atoms with van der Waals surface area (Å²) in [5.74, 6) is 1.20. The Balaban J connectivity index is 2.14. The number of anilines is 1. The summed E-state index contributed by atoms with van der Waals surface area (Å²) >= 11 is 0. The van der Waals surface area contributed by atoms with Crippen LogP contribution in [0.2, 0.25) is 0 Å². The fraction of sp³-hybridized carbons (Fsp3) is 0.600. The molecule has 0 bridgehead atoms. The van der Waals surface area contributed by atoms with Crippen molar-refractivity contribution in [3.63, 3.8) is 0 Å². The molecule has 1 aromatic carbocycles. The molecule has 2 nitrogen and oxygen atoms in total. The summed E-state index contributed by atoms with van der Waals surface area (Å²) in [6.45, 7) is 0. The van der Waals surface area contributed by atoms with Gasteiger partial charge in [0.1, 0.15) is 5.75 Å². The van der Waals surface area contributed by atoms with Crippen molar-refractivity contribution >= 4 is 5.69 Å². The zero-order valence-electron chi connectivity index (χ0n) is 10.9. The lowest BCUT2D eigenvalue weighted by Gasteiger charge is -2.24. The molecule has 1 aliphatic carbocycles. The van der Waals surface area contributed by atoms with Crippen molar-refractivity contribution in [1.29, 1.82) is 0 Å². The van der Waals surface area contributed by atoms with E-state index in [4.69, 9.17) is 0 Å². The molecule has 1 N–H and O–H groups in total. The van der Waals surface area contributed by atoms with Crippen LogP contribution in [-0.2, 0) is 6.42 Å². The van der Waals surface area contributed by atoms with Crippen molar-refractivity contribution in [1.82, 2.24) is 0 Å². The Labute approximate surface area is 104 Å². The van der Waals surface area contributed by atoms with Crippen molar-refractivity contribution in [2.24, 2.45) is 5.92 Å². The molecule has 0 radical (unpaired) electrons. The zero-order valence-corrected chi connectivity index (χ0v) is 10.9. The topological polar surface area (TPSA) is 23.5 Å². The Hall–Kier alpha value is -1.18. The minimum Gasteiger partial charge on any atom is -0.508 e. The van der Waals surface area contributed by atoms with Crippen molar-refractivity contribution in [2.45, 2.75) is 38.5 Å². The van der Waals surface area contributed by atoms with Crippen molar-refractivity contribution in [3.8, 4) is 5.75 Å². The third-order valence-corrected chi connectivity index (χ3v) is 3.78. The van der Waals surface area contributed by atoms with E-state index < -0.39 is 0 Å². The molecule has 2 heteroatoms. The van der Waals surface area contributed by atoms with Crippen molar-refractivity contribution in [3.05, 3.63) is 23.8 Å². The van der Waals surface area contributed by atoms with Gasteiger partial charge in [-0.1, -0.05) is 32.1 Å². The monoisotopic (exact) mass is 233 g/mol. The predicted octanol–water partition coefficient (Wildman–Crippen LogP) is 3.58. The molecule has 1 fully saturated rings. The van der Waals surface area contributed by atoms with Crippen LogP contribution in [0.25, 0.3) is 0 Å². The average molecular weight is 233 g/mol. The van der Waals surface area contributed by atoms with E-state index in [0.717, 1.165) is 12.3 Å². The van der Waals surface area contributed by atoms with Gasteiger partial charge in [0.15, 0.2) is 0 Å². The maximum Gasteiger partial charge on any atom is 0.116 e. The van der Waals surface area contributed by atoms with E-state index in [1.54, 1.807) is 6.07 Å². The van der Waals surface area contributed by atoms with Gasteiger partial charge in [0.05, 0.1) is 0 Å². The van der Waals surface area contributed by atoms with Gasteiger partial charge in [0, 0.05) is 19.8 Å². The Kier molecular flexibility index (Phi) is 3.93. The minimum absolute atomic E-state index is 0.390. The van der Waals surface area contributed by atoms with E-state index in [1.807, 2.05) is 12.1 Å². The number of rotatable bonds is 3. The van der Waals surface area contributed by atoms with Crippen LogP contribution in [0.3, 0.4) is 0 Å². The fourth-order valence-electron chi connectivity index (χ4n) is 2.87. The number of phenolic OH excluding ortho intramolecular Hbond substituents is 1. The van der Waals surface area contributed by atoms with Gasteiger partial charge in [-0.3, -0.25) is 0 Å². The summed E-state index contributed by atoms with van der Waals surface area (Å²) in [6, 6.07) is 5.73. The van der Waals surface area contributed by atoms with Gasteiger partial charge in [0.2, 0.25) is 0 Å². The number of benzene rings is 1. The molecule has 94 valence electrons. The van der Waals surface area contributed by atoms with Crippen LogP contribution in [0, 0.1) is 5.92 Å². The normalized spacial score (nSPS) is 17.1. The SMILES string of the molecule is CN(C)c1ccc(O)cc1CC1CCCCC1. The van der Waals surface area contributed by atoms with E-state index in [2.05, 4.69) is 19.0 Å². The molecule has 1 saturated carbocycles. The quantitative estimate of drug-likeness (QED) is 0.862. The maximum atomic E-state index is 9.63. The van der Waals surface area contributed by atoms with Gasteiger partial charge in [-0.15, -0.1) is 0 Å². The highest BCUT2D eigenvalue weighted by atomic mass is 16.3. The lowest BCUT2D eigenvalue weighted by molar-refractivity contribution is 0.356. The number of hydrogen-bond acceptors (Lipinski definition) is 2. The average Bonchev–Trinajstić information content (AvgIpc) is 2.30. The molecule has 2 rings (SSSR count). The van der Waals surface area contributed by atoms with Gasteiger partial charge in [-0.05, 0) is 36.1 Å². The van der Waals surface area contributed by atoms with E-state index in [0.29, 0.717) is 5.75 Å². The minimum atomic E-state index is 0.390. The number of nitrogens with zero attached hydrogens (tertiary/aromatic N) is 1. The molecule has 0 saturated heterocycles. The van der Waals surface area contributed by atoms with E-state index in [-0.39, 0.29) is 0 Å². The first-order valence-electron chi connectivity index (χ1n) is 6.66. The lowest BCUT2D eigenvalue weighted by Crippen LogP contribution is -2.15. The Morgan fingerprint density at radius 2 is 1.88 bits per heavy atom. The van der Waals surface area contributed by atoms with Crippen LogP contribution in [0.5, 0.6) is 5.75 Å². The lowest BCUT2D eigenvalue weighted by atomic mass is 9.84. The second kappa shape index (κ2) is 5.44. The highest BCUT2D eigenvalue weighted by molar-refractivity contribution is 5.55. The molecule has 0 amide bonds. The molecule has 0 aromatic heterocycles. The summed E-state index contributed by atoms with van der Waals surface area (Å²) in [5, 5.41) is 9.63.